The molecule has 1 saturated heterocycles. The van der Waals surface area contributed by atoms with Gasteiger partial charge in [0, 0.05) is 13.1 Å². The number of hydrogen-bond acceptors (Lipinski definition) is 4. The molecule has 3 aromatic carbocycles. The Labute approximate surface area is 193 Å². The lowest BCUT2D eigenvalue weighted by Gasteiger charge is -2.38. The predicted octanol–water partition coefficient (Wildman–Crippen LogP) is 3.47. The molecule has 1 fully saturated rings. The highest BCUT2D eigenvalue weighted by Crippen LogP contribution is 2.37. The Bertz CT molecular complexity index is 1070. The maximum atomic E-state index is 14.1. The van der Waals surface area contributed by atoms with Crippen LogP contribution < -0.4 is 9.64 Å². The summed E-state index contributed by atoms with van der Waals surface area (Å²) in [5.41, 5.74) is 2.51. The summed E-state index contributed by atoms with van der Waals surface area (Å²) in [6, 6.07) is 27.0. The van der Waals surface area contributed by atoms with Gasteiger partial charge in [0.1, 0.15) is 5.75 Å². The third-order valence-electron chi connectivity index (χ3n) is 6.15. The second kappa shape index (κ2) is 9.46. The first-order chi connectivity index (χ1) is 16.2. The summed E-state index contributed by atoms with van der Waals surface area (Å²) >= 11 is 0. The van der Waals surface area contributed by atoms with E-state index in [0.717, 1.165) is 11.1 Å². The molecule has 2 aliphatic rings. The molecule has 1 atom stereocenters. The zero-order valence-electron chi connectivity index (χ0n) is 18.3. The second-order valence-electron chi connectivity index (χ2n) is 8.22. The summed E-state index contributed by atoms with van der Waals surface area (Å²) in [7, 11) is 0. The highest BCUT2D eigenvalue weighted by atomic mass is 16.5. The number of benzene rings is 3. The van der Waals surface area contributed by atoms with Crippen LogP contribution in [0.5, 0.6) is 5.75 Å². The molecule has 0 bridgehead atoms. The molecule has 0 radical (unpaired) electrons. The molecule has 6 nitrogen and oxygen atoms in total. The van der Waals surface area contributed by atoms with Crippen molar-refractivity contribution in [3.05, 3.63) is 96.1 Å². The minimum atomic E-state index is -0.755. The average molecular weight is 443 g/mol. The second-order valence-corrected chi connectivity index (χ2v) is 8.22. The molecule has 0 aromatic heterocycles. The number of ether oxygens (including phenoxy) is 2. The van der Waals surface area contributed by atoms with Gasteiger partial charge in [-0.1, -0.05) is 72.8 Å². The molecule has 5 rings (SSSR count). The van der Waals surface area contributed by atoms with E-state index in [4.69, 9.17) is 9.47 Å². The Hall–Kier alpha value is -3.64. The summed E-state index contributed by atoms with van der Waals surface area (Å²) in [6.45, 7) is 2.27. The maximum absolute atomic E-state index is 14.1. The normalized spacial score (nSPS) is 17.9. The van der Waals surface area contributed by atoms with Crippen LogP contribution >= 0.6 is 0 Å². The number of carbonyl (C=O) groups is 2. The van der Waals surface area contributed by atoms with Crippen molar-refractivity contribution in [1.29, 1.82) is 0 Å². The van der Waals surface area contributed by atoms with Gasteiger partial charge in [0.2, 0.25) is 5.91 Å². The first-order valence-electron chi connectivity index (χ1n) is 11.3. The Morgan fingerprint density at radius 2 is 1.36 bits per heavy atom. The minimum Gasteiger partial charge on any atom is -0.476 e. The number of anilines is 1. The number of amides is 2. The van der Waals surface area contributed by atoms with Crippen molar-refractivity contribution in [1.82, 2.24) is 4.90 Å². The van der Waals surface area contributed by atoms with Crippen molar-refractivity contribution in [2.75, 3.05) is 37.7 Å². The number of fused-ring (bicyclic) bond motifs is 1. The van der Waals surface area contributed by atoms with Crippen molar-refractivity contribution in [3.8, 4) is 5.75 Å². The molecule has 0 aliphatic carbocycles. The van der Waals surface area contributed by atoms with Gasteiger partial charge < -0.3 is 19.3 Å². The van der Waals surface area contributed by atoms with E-state index in [1.54, 1.807) is 9.80 Å². The lowest BCUT2D eigenvalue weighted by atomic mass is 9.89. The van der Waals surface area contributed by atoms with E-state index in [2.05, 4.69) is 0 Å². The fourth-order valence-corrected chi connectivity index (χ4v) is 4.48. The number of carbonyl (C=O) groups excluding carboxylic acids is 2. The minimum absolute atomic E-state index is 0.0806. The number of hydrogen-bond donors (Lipinski definition) is 0. The Morgan fingerprint density at radius 1 is 0.788 bits per heavy atom. The van der Waals surface area contributed by atoms with Gasteiger partial charge in [0.25, 0.3) is 5.91 Å². The van der Waals surface area contributed by atoms with Crippen molar-refractivity contribution in [2.24, 2.45) is 0 Å². The van der Waals surface area contributed by atoms with Gasteiger partial charge >= 0.3 is 0 Å². The maximum Gasteiger partial charge on any atom is 0.265 e. The van der Waals surface area contributed by atoms with Crippen molar-refractivity contribution >= 4 is 17.5 Å². The first kappa shape index (κ1) is 21.2. The molecule has 168 valence electrons. The van der Waals surface area contributed by atoms with Gasteiger partial charge in [0.05, 0.1) is 31.4 Å². The monoisotopic (exact) mass is 442 g/mol. The first-order valence-corrected chi connectivity index (χ1v) is 11.3. The summed E-state index contributed by atoms with van der Waals surface area (Å²) in [4.78, 5) is 30.9. The van der Waals surface area contributed by atoms with Gasteiger partial charge in [-0.15, -0.1) is 0 Å². The largest absolute Gasteiger partial charge is 0.476 e. The van der Waals surface area contributed by atoms with Crippen LogP contribution in [0.3, 0.4) is 0 Å². The Morgan fingerprint density at radius 3 is 2.00 bits per heavy atom. The highest BCUT2D eigenvalue weighted by Gasteiger charge is 2.39. The van der Waals surface area contributed by atoms with Crippen molar-refractivity contribution < 1.29 is 19.1 Å². The Kier molecular flexibility index (Phi) is 6.09. The lowest BCUT2D eigenvalue weighted by molar-refractivity contribution is -0.142. The molecule has 0 spiro atoms. The summed E-state index contributed by atoms with van der Waals surface area (Å²) in [5, 5.41) is 0. The van der Waals surface area contributed by atoms with Gasteiger partial charge in [-0.2, -0.15) is 0 Å². The molecule has 3 aromatic rings. The fraction of sp³-hybridized carbons (Fsp3) is 0.259. The van der Waals surface area contributed by atoms with Gasteiger partial charge in [-0.3, -0.25) is 9.59 Å². The molecule has 2 heterocycles. The van der Waals surface area contributed by atoms with Crippen molar-refractivity contribution in [3.63, 3.8) is 0 Å². The number of rotatable bonds is 4. The van der Waals surface area contributed by atoms with Crippen LogP contribution in [0.25, 0.3) is 0 Å². The van der Waals surface area contributed by atoms with Crippen LogP contribution in [-0.2, 0) is 14.3 Å². The van der Waals surface area contributed by atoms with Crippen LogP contribution in [0, 0.1) is 0 Å². The molecule has 2 amide bonds. The molecule has 1 unspecified atom stereocenters. The van der Waals surface area contributed by atoms with Crippen molar-refractivity contribution in [2.45, 2.75) is 12.0 Å². The zero-order chi connectivity index (χ0) is 22.6. The number of nitrogens with zero attached hydrogens (tertiary/aromatic N) is 2. The summed E-state index contributed by atoms with van der Waals surface area (Å²) in [5.74, 6) is -0.134. The van der Waals surface area contributed by atoms with E-state index in [9.17, 15) is 9.59 Å². The Balaban J connectivity index is 1.51. The van der Waals surface area contributed by atoms with Crippen LogP contribution in [0.1, 0.15) is 17.0 Å². The number of para-hydroxylation sites is 2. The van der Waals surface area contributed by atoms with E-state index in [-0.39, 0.29) is 18.4 Å². The van der Waals surface area contributed by atoms with E-state index in [1.807, 2.05) is 84.9 Å². The average Bonchev–Trinajstić information content (AvgIpc) is 2.89. The molecule has 2 aliphatic heterocycles. The van der Waals surface area contributed by atoms with E-state index < -0.39 is 12.0 Å². The molecule has 33 heavy (non-hydrogen) atoms. The van der Waals surface area contributed by atoms with E-state index in [1.165, 1.54) is 0 Å². The van der Waals surface area contributed by atoms with E-state index >= 15 is 0 Å². The summed E-state index contributed by atoms with van der Waals surface area (Å²) in [6.07, 6.45) is -0.755. The standard InChI is InChI=1S/C27H26N2O4/c30-26(28-15-17-32-18-16-28)24-19-29(22-13-7-8-14-23(22)33-24)27(31)25(20-9-3-1-4-10-20)21-11-5-2-6-12-21/h1-14,24-25H,15-19H2. The third kappa shape index (κ3) is 4.34. The zero-order valence-corrected chi connectivity index (χ0v) is 18.3. The molecular formula is C27H26N2O4. The molecule has 0 N–H and O–H groups in total. The summed E-state index contributed by atoms with van der Waals surface area (Å²) < 4.78 is 11.5. The van der Waals surface area contributed by atoms with E-state index in [0.29, 0.717) is 37.7 Å². The topological polar surface area (TPSA) is 59.1 Å². The van der Waals surface area contributed by atoms with Gasteiger partial charge in [-0.25, -0.2) is 0 Å². The quantitative estimate of drug-likeness (QED) is 0.621. The van der Waals surface area contributed by atoms with Crippen LogP contribution in [0.2, 0.25) is 0 Å². The highest BCUT2D eigenvalue weighted by molar-refractivity contribution is 6.02. The molecule has 6 heteroatoms. The smallest absolute Gasteiger partial charge is 0.265 e. The SMILES string of the molecule is O=C(C1CN(C(=O)C(c2ccccc2)c2ccccc2)c2ccccc2O1)N1CCOCC1. The van der Waals surface area contributed by atoms with Gasteiger partial charge in [-0.05, 0) is 23.3 Å². The lowest BCUT2D eigenvalue weighted by Crippen LogP contribution is -2.54. The molecular weight excluding hydrogens is 416 g/mol. The van der Waals surface area contributed by atoms with Crippen LogP contribution in [0.15, 0.2) is 84.9 Å². The van der Waals surface area contributed by atoms with Gasteiger partial charge in [0.15, 0.2) is 6.10 Å². The number of morpholine rings is 1. The van der Waals surface area contributed by atoms with Crippen LogP contribution in [-0.4, -0.2) is 55.7 Å². The van der Waals surface area contributed by atoms with Crippen LogP contribution in [0.4, 0.5) is 5.69 Å². The predicted molar refractivity (Wildman–Crippen MR) is 125 cm³/mol. The molecule has 0 saturated carbocycles. The fourth-order valence-electron chi connectivity index (χ4n) is 4.48. The third-order valence-corrected chi connectivity index (χ3v) is 6.15.